The van der Waals surface area contributed by atoms with E-state index in [2.05, 4.69) is 13.8 Å². The Morgan fingerprint density at radius 1 is 0.909 bits per heavy atom. The maximum Gasteiger partial charge on any atom is 0.303 e. The van der Waals surface area contributed by atoms with Crippen LogP contribution in [0.5, 0.6) is 0 Å². The Labute approximate surface area is 191 Å². The minimum absolute atomic E-state index is 0.0788. The fourth-order valence-electron chi connectivity index (χ4n) is 5.08. The Hall–Kier alpha value is -3.04. The number of fused-ring (bicyclic) bond motifs is 4. The fourth-order valence-corrected chi connectivity index (χ4v) is 5.59. The predicted molar refractivity (Wildman–Crippen MR) is 122 cm³/mol. The first kappa shape index (κ1) is 23.1. The van der Waals surface area contributed by atoms with Crippen molar-refractivity contribution in [1.82, 2.24) is 0 Å². The molecule has 33 heavy (non-hydrogen) atoms. The zero-order valence-corrected chi connectivity index (χ0v) is 19.4. The molecule has 2 aliphatic rings. The molecular formula is C24H25NO7S. The van der Waals surface area contributed by atoms with Gasteiger partial charge in [-0.3, -0.25) is 19.1 Å². The molecule has 174 valence electrons. The van der Waals surface area contributed by atoms with Crippen LogP contribution in [-0.2, 0) is 30.5 Å². The smallest absolute Gasteiger partial charge is 0.303 e. The normalized spacial score (nSPS) is 17.2. The van der Waals surface area contributed by atoms with Crippen molar-refractivity contribution in [3.8, 4) is 11.1 Å². The van der Waals surface area contributed by atoms with Crippen molar-refractivity contribution < 1.29 is 32.8 Å². The third kappa shape index (κ3) is 3.65. The largest absolute Gasteiger partial charge is 0.481 e. The maximum absolute atomic E-state index is 11.9. The summed E-state index contributed by atoms with van der Waals surface area (Å²) in [6.45, 7) is 6.06. The van der Waals surface area contributed by atoms with Gasteiger partial charge in [0, 0.05) is 29.4 Å². The lowest BCUT2D eigenvalue weighted by Gasteiger charge is -2.32. The van der Waals surface area contributed by atoms with Crippen LogP contribution in [0, 0.1) is 0 Å². The highest BCUT2D eigenvalue weighted by Crippen LogP contribution is 2.57. The predicted octanol–water partition coefficient (Wildman–Crippen LogP) is 4.31. The second kappa shape index (κ2) is 7.50. The average Bonchev–Trinajstić information content (AvgIpc) is 3.10. The number of nitrogens with zero attached hydrogens (tertiary/aromatic N) is 1. The molecule has 3 N–H and O–H groups in total. The van der Waals surface area contributed by atoms with Gasteiger partial charge in [0.25, 0.3) is 10.1 Å². The average molecular weight is 472 g/mol. The van der Waals surface area contributed by atoms with Gasteiger partial charge in [-0.1, -0.05) is 19.9 Å². The molecule has 1 aliphatic heterocycles. The van der Waals surface area contributed by atoms with Crippen LogP contribution >= 0.6 is 0 Å². The van der Waals surface area contributed by atoms with E-state index in [0.717, 1.165) is 28.1 Å². The Morgan fingerprint density at radius 3 is 2.03 bits per heavy atom. The SMILES string of the molecule is CC1=Nc2cc3c(cc2C1(C)C)-c1ccc(S(=O)(=O)O)cc1C3(CCC(=O)O)CCC(=O)O. The summed E-state index contributed by atoms with van der Waals surface area (Å²) in [5.74, 6) is -2.08. The van der Waals surface area contributed by atoms with Gasteiger partial charge in [0.15, 0.2) is 0 Å². The molecule has 2 aromatic carbocycles. The highest BCUT2D eigenvalue weighted by Gasteiger charge is 2.46. The molecule has 0 saturated heterocycles. The standard InChI is InChI=1S/C24H25NO7S/c1-13-23(2,3)19-11-16-15-5-4-14(33(30,31)32)10-17(15)24(8-6-21(26)27,9-7-22(28)29)18(16)12-20(19)25-13/h4-5,10-12H,6-9H2,1-3H3,(H,26,27)(H,28,29)(H,30,31,32). The number of carboxylic acid groups (broad SMARTS) is 2. The van der Waals surface area contributed by atoms with Crippen LogP contribution in [-0.4, -0.2) is 40.8 Å². The van der Waals surface area contributed by atoms with Gasteiger partial charge >= 0.3 is 11.9 Å². The zero-order chi connectivity index (χ0) is 24.3. The monoisotopic (exact) mass is 471 g/mol. The molecule has 0 aromatic heterocycles. The van der Waals surface area contributed by atoms with Crippen molar-refractivity contribution in [2.75, 3.05) is 0 Å². The summed E-state index contributed by atoms with van der Waals surface area (Å²) >= 11 is 0. The lowest BCUT2D eigenvalue weighted by molar-refractivity contribution is -0.137. The summed E-state index contributed by atoms with van der Waals surface area (Å²) in [5.41, 5.74) is 4.07. The first-order chi connectivity index (χ1) is 15.3. The van der Waals surface area contributed by atoms with Crippen molar-refractivity contribution in [1.29, 1.82) is 0 Å². The van der Waals surface area contributed by atoms with Crippen molar-refractivity contribution in [2.24, 2.45) is 4.99 Å². The van der Waals surface area contributed by atoms with Gasteiger partial charge in [-0.2, -0.15) is 8.42 Å². The summed E-state index contributed by atoms with van der Waals surface area (Å²) in [6, 6.07) is 8.14. The molecule has 9 heteroatoms. The Balaban J connectivity index is 2.04. The van der Waals surface area contributed by atoms with Crippen molar-refractivity contribution in [3.05, 3.63) is 47.0 Å². The van der Waals surface area contributed by atoms with E-state index in [1.54, 1.807) is 6.07 Å². The summed E-state index contributed by atoms with van der Waals surface area (Å²) in [7, 11) is -4.51. The molecule has 0 amide bonds. The number of aliphatic carboxylic acids is 2. The van der Waals surface area contributed by atoms with E-state index < -0.39 is 27.5 Å². The molecular weight excluding hydrogens is 446 g/mol. The highest BCUT2D eigenvalue weighted by atomic mass is 32.2. The van der Waals surface area contributed by atoms with Crippen LogP contribution < -0.4 is 0 Å². The highest BCUT2D eigenvalue weighted by molar-refractivity contribution is 7.85. The molecule has 0 saturated carbocycles. The van der Waals surface area contributed by atoms with Crippen LogP contribution in [0.25, 0.3) is 11.1 Å². The summed E-state index contributed by atoms with van der Waals surface area (Å²) < 4.78 is 33.4. The summed E-state index contributed by atoms with van der Waals surface area (Å²) in [4.78, 5) is 27.4. The zero-order valence-electron chi connectivity index (χ0n) is 18.5. The van der Waals surface area contributed by atoms with Crippen LogP contribution in [0.1, 0.15) is 63.1 Å². The molecule has 0 bridgehead atoms. The molecule has 8 nitrogen and oxygen atoms in total. The molecule has 1 heterocycles. The van der Waals surface area contributed by atoms with Gasteiger partial charge in [-0.25, -0.2) is 0 Å². The number of carboxylic acids is 2. The molecule has 0 unspecified atom stereocenters. The number of hydrogen-bond acceptors (Lipinski definition) is 5. The number of carbonyl (C=O) groups is 2. The number of aliphatic imine (C=N–C) groups is 1. The number of hydrogen-bond donors (Lipinski definition) is 3. The molecule has 0 atom stereocenters. The van der Waals surface area contributed by atoms with Crippen LogP contribution in [0.3, 0.4) is 0 Å². The van der Waals surface area contributed by atoms with E-state index in [1.807, 2.05) is 19.1 Å². The van der Waals surface area contributed by atoms with E-state index in [-0.39, 0.29) is 36.0 Å². The van der Waals surface area contributed by atoms with Gasteiger partial charge in [0.05, 0.1) is 10.6 Å². The summed E-state index contributed by atoms with van der Waals surface area (Å²) in [6.07, 6.45) is -0.316. The third-order valence-corrected chi connectivity index (χ3v) is 7.99. The van der Waals surface area contributed by atoms with Crippen molar-refractivity contribution >= 4 is 33.5 Å². The lowest BCUT2D eigenvalue weighted by Crippen LogP contribution is -2.28. The van der Waals surface area contributed by atoms with Crippen LogP contribution in [0.4, 0.5) is 5.69 Å². The minimum Gasteiger partial charge on any atom is -0.481 e. The second-order valence-corrected chi connectivity index (χ2v) is 10.7. The number of benzene rings is 2. The first-order valence-corrected chi connectivity index (χ1v) is 12.0. The second-order valence-electron chi connectivity index (χ2n) is 9.29. The lowest BCUT2D eigenvalue weighted by atomic mass is 9.70. The molecule has 4 rings (SSSR count). The molecule has 0 fully saturated rings. The van der Waals surface area contributed by atoms with E-state index in [0.29, 0.717) is 11.1 Å². The van der Waals surface area contributed by atoms with Crippen LogP contribution in [0.15, 0.2) is 40.2 Å². The topological polar surface area (TPSA) is 141 Å². The van der Waals surface area contributed by atoms with Crippen molar-refractivity contribution in [3.63, 3.8) is 0 Å². The molecule has 0 spiro atoms. The van der Waals surface area contributed by atoms with Crippen LogP contribution in [0.2, 0.25) is 0 Å². The van der Waals surface area contributed by atoms with Crippen molar-refractivity contribution in [2.45, 2.75) is 62.2 Å². The van der Waals surface area contributed by atoms with Gasteiger partial charge in [-0.05, 0) is 71.8 Å². The molecule has 2 aromatic rings. The number of rotatable bonds is 7. The summed E-state index contributed by atoms with van der Waals surface area (Å²) in [5, 5.41) is 18.9. The molecule has 0 radical (unpaired) electrons. The minimum atomic E-state index is -4.51. The molecule has 1 aliphatic carbocycles. The Kier molecular flexibility index (Phi) is 5.25. The van der Waals surface area contributed by atoms with Gasteiger partial charge in [0.2, 0.25) is 0 Å². The third-order valence-electron chi connectivity index (χ3n) is 7.14. The van der Waals surface area contributed by atoms with E-state index in [1.165, 1.54) is 12.1 Å². The Bertz CT molecular complexity index is 1320. The van der Waals surface area contributed by atoms with Gasteiger partial charge < -0.3 is 10.2 Å². The Morgan fingerprint density at radius 2 is 1.48 bits per heavy atom. The van der Waals surface area contributed by atoms with Gasteiger partial charge in [0.1, 0.15) is 0 Å². The quantitative estimate of drug-likeness (QED) is 0.511. The van der Waals surface area contributed by atoms with Gasteiger partial charge in [-0.15, -0.1) is 0 Å². The fraction of sp³-hybridized carbons (Fsp3) is 0.375. The van der Waals surface area contributed by atoms with E-state index in [9.17, 15) is 32.8 Å². The first-order valence-electron chi connectivity index (χ1n) is 10.6. The van der Waals surface area contributed by atoms with E-state index >= 15 is 0 Å². The maximum atomic E-state index is 11.9. The van der Waals surface area contributed by atoms with E-state index in [4.69, 9.17) is 4.99 Å².